The number of hydrogen-bond acceptors (Lipinski definition) is 7. The normalized spacial score (nSPS) is 11.6. The van der Waals surface area contributed by atoms with Crippen LogP contribution < -0.4 is 15.3 Å². The number of carbonyl (C=O) groups excluding carboxylic acids is 1. The number of aromatic nitrogens is 4. The zero-order valence-electron chi connectivity index (χ0n) is 16.9. The van der Waals surface area contributed by atoms with E-state index in [1.54, 1.807) is 4.90 Å². The zero-order chi connectivity index (χ0) is 20.0. The van der Waals surface area contributed by atoms with Crippen LogP contribution in [0.4, 0.5) is 10.6 Å². The van der Waals surface area contributed by atoms with Crippen molar-refractivity contribution in [1.82, 2.24) is 24.6 Å². The molecule has 0 saturated carbocycles. The van der Waals surface area contributed by atoms with Gasteiger partial charge in [-0.1, -0.05) is 26.7 Å². The Hall–Kier alpha value is -2.58. The number of amides is 1. The maximum absolute atomic E-state index is 12.7. The van der Waals surface area contributed by atoms with Gasteiger partial charge >= 0.3 is 12.1 Å². The molecule has 2 aromatic heterocycles. The number of imidazole rings is 1. The Balaban J connectivity index is 2.25. The summed E-state index contributed by atoms with van der Waals surface area (Å²) in [6.07, 6.45) is 4.64. The molecule has 150 valence electrons. The molecule has 0 bridgehead atoms. The highest BCUT2D eigenvalue weighted by molar-refractivity contribution is 5.82. The third-order valence-corrected chi connectivity index (χ3v) is 4.04. The first-order valence-corrected chi connectivity index (χ1v) is 9.41. The number of rotatable bonds is 8. The predicted molar refractivity (Wildman–Crippen MR) is 103 cm³/mol. The Bertz CT molecular complexity index is 768. The smallest absolute Gasteiger partial charge is 0.435 e. The van der Waals surface area contributed by atoms with Gasteiger partial charge in [-0.15, -0.1) is 4.73 Å². The summed E-state index contributed by atoms with van der Waals surface area (Å²) >= 11 is 0. The van der Waals surface area contributed by atoms with E-state index < -0.39 is 6.09 Å². The number of anilines is 1. The van der Waals surface area contributed by atoms with Gasteiger partial charge in [0.2, 0.25) is 5.65 Å². The Morgan fingerprint density at radius 2 is 1.93 bits per heavy atom. The molecule has 0 fully saturated rings. The van der Waals surface area contributed by atoms with Crippen molar-refractivity contribution in [2.24, 2.45) is 0 Å². The molecule has 0 spiro atoms. The second-order valence-electron chi connectivity index (χ2n) is 7.37. The minimum atomic E-state index is -0.471. The molecule has 2 N–H and O–H groups in total. The van der Waals surface area contributed by atoms with E-state index in [0.29, 0.717) is 24.3 Å². The number of hydrogen-bond donors (Lipinski definition) is 1. The zero-order valence-corrected chi connectivity index (χ0v) is 16.9. The van der Waals surface area contributed by atoms with Crippen molar-refractivity contribution in [3.8, 4) is 6.01 Å². The molecule has 0 unspecified atom stereocenters. The lowest BCUT2D eigenvalue weighted by Crippen LogP contribution is -2.49. The fourth-order valence-corrected chi connectivity index (χ4v) is 2.47. The molecule has 0 saturated heterocycles. The Morgan fingerprint density at radius 3 is 2.56 bits per heavy atom. The van der Waals surface area contributed by atoms with Crippen LogP contribution in [0, 0.1) is 0 Å². The maximum atomic E-state index is 12.7. The third kappa shape index (κ3) is 5.21. The molecule has 9 nitrogen and oxygen atoms in total. The molecule has 0 atom stereocenters. The Kier molecular flexibility index (Phi) is 6.81. The SMILES string of the molecule is CCCCOc1nc(N)c2ncn(OC(=O)N(CCCC)C(C)(C)C)c2n1. The number of nitrogens with zero attached hydrogens (tertiary/aromatic N) is 5. The second kappa shape index (κ2) is 8.88. The van der Waals surface area contributed by atoms with E-state index >= 15 is 0 Å². The van der Waals surface area contributed by atoms with Gasteiger partial charge in [-0.2, -0.15) is 9.97 Å². The molecule has 0 aliphatic rings. The standard InChI is InChI=1S/C18H30N6O3/c1-6-8-10-23(18(3,4)5)17(25)27-24-12-20-13-14(19)21-16(22-15(13)24)26-11-9-7-2/h12H,6-11H2,1-5H3,(H2,19,21,22). The molecule has 0 aliphatic heterocycles. The molecular formula is C18H30N6O3. The molecule has 2 heterocycles. The van der Waals surface area contributed by atoms with Gasteiger partial charge in [-0.05, 0) is 33.6 Å². The van der Waals surface area contributed by atoms with E-state index in [1.807, 2.05) is 20.8 Å². The number of unbranched alkanes of at least 4 members (excludes halogenated alkanes) is 2. The lowest BCUT2D eigenvalue weighted by atomic mass is 10.1. The third-order valence-electron chi connectivity index (χ3n) is 4.04. The number of ether oxygens (including phenoxy) is 1. The Morgan fingerprint density at radius 1 is 1.22 bits per heavy atom. The van der Waals surface area contributed by atoms with Gasteiger partial charge in [-0.3, -0.25) is 0 Å². The van der Waals surface area contributed by atoms with Crippen LogP contribution in [0.25, 0.3) is 11.2 Å². The van der Waals surface area contributed by atoms with Crippen LogP contribution in [-0.2, 0) is 0 Å². The van der Waals surface area contributed by atoms with Crippen LogP contribution >= 0.6 is 0 Å². The summed E-state index contributed by atoms with van der Waals surface area (Å²) in [5, 5.41) is 0. The summed E-state index contributed by atoms with van der Waals surface area (Å²) in [5.74, 6) is 0.181. The minimum absolute atomic E-state index is 0.143. The lowest BCUT2D eigenvalue weighted by molar-refractivity contribution is 0.0623. The number of carbonyl (C=O) groups is 1. The topological polar surface area (TPSA) is 108 Å². The van der Waals surface area contributed by atoms with Crippen LogP contribution in [0.3, 0.4) is 0 Å². The van der Waals surface area contributed by atoms with Crippen LogP contribution in [0.15, 0.2) is 6.33 Å². The summed E-state index contributed by atoms with van der Waals surface area (Å²) in [5.41, 5.74) is 6.23. The first-order valence-electron chi connectivity index (χ1n) is 9.41. The van der Waals surface area contributed by atoms with Gasteiger partial charge < -0.3 is 20.2 Å². The molecule has 2 rings (SSSR count). The highest BCUT2D eigenvalue weighted by Gasteiger charge is 2.28. The van der Waals surface area contributed by atoms with E-state index in [2.05, 4.69) is 28.8 Å². The number of nitrogen functional groups attached to an aromatic ring is 1. The van der Waals surface area contributed by atoms with Gasteiger partial charge in [0.15, 0.2) is 11.3 Å². The van der Waals surface area contributed by atoms with Crippen LogP contribution in [0.1, 0.15) is 60.3 Å². The van der Waals surface area contributed by atoms with Gasteiger partial charge in [-0.25, -0.2) is 9.78 Å². The molecule has 0 aliphatic carbocycles. The molecule has 1 amide bonds. The van der Waals surface area contributed by atoms with Crippen molar-refractivity contribution >= 4 is 23.1 Å². The van der Waals surface area contributed by atoms with E-state index in [-0.39, 0.29) is 17.4 Å². The van der Waals surface area contributed by atoms with Gasteiger partial charge in [0, 0.05) is 12.1 Å². The van der Waals surface area contributed by atoms with E-state index in [4.69, 9.17) is 15.3 Å². The quantitative estimate of drug-likeness (QED) is 0.703. The second-order valence-corrected chi connectivity index (χ2v) is 7.37. The number of fused-ring (bicyclic) bond motifs is 1. The highest BCUT2D eigenvalue weighted by atomic mass is 16.7. The van der Waals surface area contributed by atoms with Crippen LogP contribution in [0.2, 0.25) is 0 Å². The van der Waals surface area contributed by atoms with Crippen molar-refractivity contribution in [2.45, 2.75) is 65.8 Å². The molecule has 9 heteroatoms. The summed E-state index contributed by atoms with van der Waals surface area (Å²) in [6.45, 7) is 11.1. The molecule has 0 radical (unpaired) electrons. The first-order chi connectivity index (χ1) is 12.8. The van der Waals surface area contributed by atoms with Gasteiger partial charge in [0.25, 0.3) is 0 Å². The van der Waals surface area contributed by atoms with E-state index in [1.165, 1.54) is 11.1 Å². The lowest BCUT2D eigenvalue weighted by Gasteiger charge is -2.34. The Labute approximate surface area is 159 Å². The molecular weight excluding hydrogens is 348 g/mol. The van der Waals surface area contributed by atoms with Gasteiger partial charge in [0.1, 0.15) is 6.33 Å². The predicted octanol–water partition coefficient (Wildman–Crippen LogP) is 3.04. The summed E-state index contributed by atoms with van der Waals surface area (Å²) in [6, 6.07) is 0.143. The van der Waals surface area contributed by atoms with Crippen LogP contribution in [-0.4, -0.2) is 49.4 Å². The average Bonchev–Trinajstić information content (AvgIpc) is 2.98. The fraction of sp³-hybridized carbons (Fsp3) is 0.667. The highest BCUT2D eigenvalue weighted by Crippen LogP contribution is 2.20. The van der Waals surface area contributed by atoms with Crippen molar-refractivity contribution < 1.29 is 14.4 Å². The van der Waals surface area contributed by atoms with Crippen LogP contribution in [0.5, 0.6) is 6.01 Å². The summed E-state index contributed by atoms with van der Waals surface area (Å²) in [7, 11) is 0. The van der Waals surface area contributed by atoms with Crippen molar-refractivity contribution in [3.63, 3.8) is 0 Å². The monoisotopic (exact) mass is 378 g/mol. The fourth-order valence-electron chi connectivity index (χ4n) is 2.47. The first kappa shape index (κ1) is 20.7. The summed E-state index contributed by atoms with van der Waals surface area (Å²) < 4.78 is 6.74. The minimum Gasteiger partial charge on any atom is -0.463 e. The maximum Gasteiger partial charge on any atom is 0.435 e. The molecule has 0 aromatic carbocycles. The number of nitrogens with two attached hydrogens (primary N) is 1. The van der Waals surface area contributed by atoms with Gasteiger partial charge in [0.05, 0.1) is 6.61 Å². The van der Waals surface area contributed by atoms with E-state index in [9.17, 15) is 4.79 Å². The largest absolute Gasteiger partial charge is 0.463 e. The van der Waals surface area contributed by atoms with Crippen molar-refractivity contribution in [1.29, 1.82) is 0 Å². The van der Waals surface area contributed by atoms with Crippen molar-refractivity contribution in [3.05, 3.63) is 6.33 Å². The summed E-state index contributed by atoms with van der Waals surface area (Å²) in [4.78, 5) is 32.5. The van der Waals surface area contributed by atoms with Crippen molar-refractivity contribution in [2.75, 3.05) is 18.9 Å². The molecule has 2 aromatic rings. The molecule has 27 heavy (non-hydrogen) atoms. The van der Waals surface area contributed by atoms with E-state index in [0.717, 1.165) is 25.7 Å². The average molecular weight is 378 g/mol.